The molecule has 5 nitrogen and oxygen atoms in total. The zero-order valence-corrected chi connectivity index (χ0v) is 12.8. The van der Waals surface area contributed by atoms with Crippen molar-refractivity contribution in [1.82, 2.24) is 9.97 Å². The average molecular weight is 278 g/mol. The van der Waals surface area contributed by atoms with Crippen LogP contribution in [0, 0.1) is 5.92 Å². The molecule has 0 saturated carbocycles. The Bertz CT molecular complexity index is 428. The summed E-state index contributed by atoms with van der Waals surface area (Å²) in [4.78, 5) is 11.2. The molecule has 1 aliphatic heterocycles. The van der Waals surface area contributed by atoms with Gasteiger partial charge in [0.25, 0.3) is 0 Å². The second-order valence-corrected chi connectivity index (χ2v) is 5.59. The zero-order valence-electron chi connectivity index (χ0n) is 12.8. The van der Waals surface area contributed by atoms with E-state index in [2.05, 4.69) is 27.1 Å². The number of nitrogens with one attached hydrogen (secondary N) is 1. The van der Waals surface area contributed by atoms with Crippen molar-refractivity contribution in [1.29, 1.82) is 0 Å². The summed E-state index contributed by atoms with van der Waals surface area (Å²) in [5, 5.41) is 12.9. The quantitative estimate of drug-likeness (QED) is 0.863. The molecule has 0 aliphatic carbocycles. The van der Waals surface area contributed by atoms with E-state index in [0.717, 1.165) is 50.4 Å². The molecule has 1 aliphatic rings. The van der Waals surface area contributed by atoms with Crippen molar-refractivity contribution in [2.75, 3.05) is 30.4 Å². The Balaban J connectivity index is 2.16. The number of aliphatic hydroxyl groups is 1. The average Bonchev–Trinajstić information content (AvgIpc) is 2.48. The highest BCUT2D eigenvalue weighted by atomic mass is 16.3. The number of nitrogens with zero attached hydrogens (tertiary/aromatic N) is 3. The van der Waals surface area contributed by atoms with E-state index < -0.39 is 0 Å². The van der Waals surface area contributed by atoms with Gasteiger partial charge in [0.15, 0.2) is 0 Å². The van der Waals surface area contributed by atoms with E-state index in [1.165, 1.54) is 5.56 Å². The monoisotopic (exact) mass is 278 g/mol. The van der Waals surface area contributed by atoms with E-state index in [-0.39, 0.29) is 6.10 Å². The lowest BCUT2D eigenvalue weighted by atomic mass is 9.92. The Morgan fingerprint density at radius 2 is 2.10 bits per heavy atom. The molecule has 2 heterocycles. The summed E-state index contributed by atoms with van der Waals surface area (Å²) in [6, 6.07) is 0. The molecule has 0 radical (unpaired) electrons. The first-order valence-electron chi connectivity index (χ1n) is 7.62. The Labute approximate surface area is 121 Å². The van der Waals surface area contributed by atoms with Crippen molar-refractivity contribution in [3.05, 3.63) is 11.9 Å². The number of hydrogen-bond donors (Lipinski definition) is 2. The third-order valence-corrected chi connectivity index (χ3v) is 4.18. The highest BCUT2D eigenvalue weighted by Gasteiger charge is 2.25. The summed E-state index contributed by atoms with van der Waals surface area (Å²) in [5.41, 5.74) is 1.22. The molecule has 0 amide bonds. The summed E-state index contributed by atoms with van der Waals surface area (Å²) in [7, 11) is 1.91. The third kappa shape index (κ3) is 3.20. The van der Waals surface area contributed by atoms with Gasteiger partial charge >= 0.3 is 0 Å². The van der Waals surface area contributed by atoms with Crippen LogP contribution in [0.2, 0.25) is 0 Å². The van der Waals surface area contributed by atoms with Crippen LogP contribution in [0.5, 0.6) is 0 Å². The van der Waals surface area contributed by atoms with Gasteiger partial charge in [-0.05, 0) is 32.1 Å². The van der Waals surface area contributed by atoms with Crippen LogP contribution < -0.4 is 10.2 Å². The third-order valence-electron chi connectivity index (χ3n) is 4.18. The van der Waals surface area contributed by atoms with Crippen molar-refractivity contribution in [2.45, 2.75) is 45.6 Å². The SMILES string of the molecule is CCCc1c(NC)ncnc1N1CCC(C(C)O)CC1. The lowest BCUT2D eigenvalue weighted by Crippen LogP contribution is -2.38. The summed E-state index contributed by atoms with van der Waals surface area (Å²) < 4.78 is 0. The van der Waals surface area contributed by atoms with E-state index in [1.807, 2.05) is 14.0 Å². The van der Waals surface area contributed by atoms with Crippen molar-refractivity contribution in [3.8, 4) is 0 Å². The fraction of sp³-hybridized carbons (Fsp3) is 0.733. The highest BCUT2D eigenvalue weighted by molar-refractivity contribution is 5.58. The van der Waals surface area contributed by atoms with Gasteiger partial charge < -0.3 is 15.3 Å². The van der Waals surface area contributed by atoms with Crippen LogP contribution in [0.15, 0.2) is 6.33 Å². The molecule has 1 saturated heterocycles. The molecular weight excluding hydrogens is 252 g/mol. The smallest absolute Gasteiger partial charge is 0.137 e. The van der Waals surface area contributed by atoms with Gasteiger partial charge in [0, 0.05) is 25.7 Å². The first-order valence-corrected chi connectivity index (χ1v) is 7.62. The topological polar surface area (TPSA) is 61.3 Å². The lowest BCUT2D eigenvalue weighted by molar-refractivity contribution is 0.109. The molecule has 20 heavy (non-hydrogen) atoms. The molecule has 1 fully saturated rings. The van der Waals surface area contributed by atoms with E-state index >= 15 is 0 Å². The summed E-state index contributed by atoms with van der Waals surface area (Å²) in [6.45, 7) is 6.00. The van der Waals surface area contributed by atoms with Gasteiger partial charge in [0.2, 0.25) is 0 Å². The van der Waals surface area contributed by atoms with Crippen LogP contribution in [0.4, 0.5) is 11.6 Å². The molecule has 0 spiro atoms. The minimum Gasteiger partial charge on any atom is -0.393 e. The number of aromatic nitrogens is 2. The number of rotatable bonds is 5. The zero-order chi connectivity index (χ0) is 14.5. The van der Waals surface area contributed by atoms with Crippen molar-refractivity contribution < 1.29 is 5.11 Å². The molecule has 0 aromatic carbocycles. The standard InChI is InChI=1S/C15H26N4O/c1-4-5-13-14(16-3)17-10-18-15(13)19-8-6-12(7-9-19)11(2)20/h10-12,20H,4-9H2,1-3H3,(H,16,17,18). The van der Waals surface area contributed by atoms with Gasteiger partial charge in [-0.25, -0.2) is 9.97 Å². The van der Waals surface area contributed by atoms with E-state index in [4.69, 9.17) is 0 Å². The molecule has 2 N–H and O–H groups in total. The Morgan fingerprint density at radius 1 is 1.40 bits per heavy atom. The van der Waals surface area contributed by atoms with Gasteiger partial charge in [-0.1, -0.05) is 13.3 Å². The van der Waals surface area contributed by atoms with Crippen LogP contribution in [0.1, 0.15) is 38.7 Å². The number of piperidine rings is 1. The van der Waals surface area contributed by atoms with Crippen molar-refractivity contribution in [3.63, 3.8) is 0 Å². The molecule has 5 heteroatoms. The van der Waals surface area contributed by atoms with Crippen LogP contribution in [0.25, 0.3) is 0 Å². The van der Waals surface area contributed by atoms with Gasteiger partial charge in [-0.2, -0.15) is 0 Å². The Hall–Kier alpha value is -1.36. The van der Waals surface area contributed by atoms with Crippen LogP contribution >= 0.6 is 0 Å². The summed E-state index contributed by atoms with van der Waals surface area (Å²) in [6.07, 6.45) is 5.57. The van der Waals surface area contributed by atoms with Crippen LogP contribution in [0.3, 0.4) is 0 Å². The minimum absolute atomic E-state index is 0.203. The van der Waals surface area contributed by atoms with Crippen LogP contribution in [-0.4, -0.2) is 41.3 Å². The molecule has 1 aromatic rings. The fourth-order valence-electron chi connectivity index (χ4n) is 2.96. The maximum Gasteiger partial charge on any atom is 0.137 e. The van der Waals surface area contributed by atoms with E-state index in [0.29, 0.717) is 5.92 Å². The molecule has 0 bridgehead atoms. The first-order chi connectivity index (χ1) is 9.67. The van der Waals surface area contributed by atoms with Gasteiger partial charge in [-0.15, -0.1) is 0 Å². The largest absolute Gasteiger partial charge is 0.393 e. The molecular formula is C15H26N4O. The first kappa shape index (κ1) is 15.0. The highest BCUT2D eigenvalue weighted by Crippen LogP contribution is 2.29. The lowest BCUT2D eigenvalue weighted by Gasteiger charge is -2.35. The maximum absolute atomic E-state index is 9.70. The van der Waals surface area contributed by atoms with Crippen molar-refractivity contribution in [2.24, 2.45) is 5.92 Å². The van der Waals surface area contributed by atoms with Crippen molar-refractivity contribution >= 4 is 11.6 Å². The fourth-order valence-corrected chi connectivity index (χ4v) is 2.96. The van der Waals surface area contributed by atoms with Gasteiger partial charge in [0.05, 0.1) is 6.10 Å². The molecule has 112 valence electrons. The van der Waals surface area contributed by atoms with Crippen LogP contribution in [-0.2, 0) is 6.42 Å². The predicted octanol–water partition coefficient (Wildman–Crippen LogP) is 2.07. The van der Waals surface area contributed by atoms with Gasteiger partial charge in [0.1, 0.15) is 18.0 Å². The minimum atomic E-state index is -0.203. The Morgan fingerprint density at radius 3 is 2.65 bits per heavy atom. The normalized spacial score (nSPS) is 18.1. The number of anilines is 2. The summed E-state index contributed by atoms with van der Waals surface area (Å²) in [5.74, 6) is 2.43. The molecule has 1 unspecified atom stereocenters. The second-order valence-electron chi connectivity index (χ2n) is 5.59. The molecule has 1 atom stereocenters. The maximum atomic E-state index is 9.70. The number of aliphatic hydroxyl groups excluding tert-OH is 1. The molecule has 2 rings (SSSR count). The molecule has 1 aromatic heterocycles. The predicted molar refractivity (Wildman–Crippen MR) is 82.2 cm³/mol. The number of hydrogen-bond acceptors (Lipinski definition) is 5. The van der Waals surface area contributed by atoms with E-state index in [1.54, 1.807) is 6.33 Å². The second kappa shape index (κ2) is 6.88. The summed E-state index contributed by atoms with van der Waals surface area (Å²) >= 11 is 0. The van der Waals surface area contributed by atoms with E-state index in [9.17, 15) is 5.11 Å². The Kier molecular flexibility index (Phi) is 5.17. The van der Waals surface area contributed by atoms with Gasteiger partial charge in [-0.3, -0.25) is 0 Å².